The maximum atomic E-state index is 13.0. The van der Waals surface area contributed by atoms with E-state index < -0.39 is 41.0 Å². The number of amides is 3. The summed E-state index contributed by atoms with van der Waals surface area (Å²) < 4.78 is 65.1. The van der Waals surface area contributed by atoms with Crippen molar-refractivity contribution in [1.29, 1.82) is 0 Å². The summed E-state index contributed by atoms with van der Waals surface area (Å²) in [6, 6.07) is 1.98. The summed E-state index contributed by atoms with van der Waals surface area (Å²) in [5.74, 6) is -3.22. The van der Waals surface area contributed by atoms with Crippen LogP contribution in [0.5, 0.6) is 0 Å². The molecule has 0 radical (unpaired) electrons. The topological polar surface area (TPSA) is 88.0 Å². The van der Waals surface area contributed by atoms with Crippen molar-refractivity contribution in [3.8, 4) is 0 Å². The van der Waals surface area contributed by atoms with Crippen molar-refractivity contribution >= 4 is 17.6 Å². The standard InChI is InChI=1S/C15H14F5N5O2/c1-25-7-9(12(24-25)15(18,19)20)13(26)21-4-5-22-14(27)23-8-2-3-10(16)11(17)6-8/h2-3,6-7H,4-5H2,1H3,(H,21,26)(H2,22,23,27). The van der Waals surface area contributed by atoms with Crippen LogP contribution in [0.3, 0.4) is 0 Å². The van der Waals surface area contributed by atoms with Gasteiger partial charge in [-0.1, -0.05) is 0 Å². The minimum Gasteiger partial charge on any atom is -0.350 e. The highest BCUT2D eigenvalue weighted by molar-refractivity contribution is 5.95. The van der Waals surface area contributed by atoms with Crippen LogP contribution in [0.2, 0.25) is 0 Å². The Kier molecular flexibility index (Phi) is 5.98. The van der Waals surface area contributed by atoms with Crippen molar-refractivity contribution in [3.05, 3.63) is 47.3 Å². The van der Waals surface area contributed by atoms with Gasteiger partial charge in [0, 0.05) is 38.1 Å². The lowest BCUT2D eigenvalue weighted by Gasteiger charge is -2.09. The molecule has 0 fully saturated rings. The maximum absolute atomic E-state index is 13.0. The van der Waals surface area contributed by atoms with Gasteiger partial charge in [0.15, 0.2) is 17.3 Å². The zero-order valence-electron chi connectivity index (χ0n) is 13.8. The second-order valence-electron chi connectivity index (χ2n) is 5.33. The van der Waals surface area contributed by atoms with Gasteiger partial charge in [-0.05, 0) is 12.1 Å². The number of rotatable bonds is 5. The summed E-state index contributed by atoms with van der Waals surface area (Å²) in [6.07, 6.45) is -3.85. The fraction of sp³-hybridized carbons (Fsp3) is 0.267. The smallest absolute Gasteiger partial charge is 0.350 e. The van der Waals surface area contributed by atoms with Crippen molar-refractivity contribution in [2.45, 2.75) is 6.18 Å². The van der Waals surface area contributed by atoms with E-state index >= 15 is 0 Å². The summed E-state index contributed by atoms with van der Waals surface area (Å²) >= 11 is 0. The number of hydrogen-bond acceptors (Lipinski definition) is 3. The van der Waals surface area contributed by atoms with Crippen molar-refractivity contribution in [1.82, 2.24) is 20.4 Å². The zero-order chi connectivity index (χ0) is 20.2. The quantitative estimate of drug-likeness (QED) is 0.540. The molecule has 0 spiro atoms. The highest BCUT2D eigenvalue weighted by atomic mass is 19.4. The number of anilines is 1. The molecule has 1 aromatic heterocycles. The number of aryl methyl sites for hydroxylation is 1. The third kappa shape index (κ3) is 5.39. The predicted molar refractivity (Wildman–Crippen MR) is 83.9 cm³/mol. The molecule has 0 aliphatic carbocycles. The largest absolute Gasteiger partial charge is 0.435 e. The van der Waals surface area contributed by atoms with Gasteiger partial charge in [-0.3, -0.25) is 9.48 Å². The predicted octanol–water partition coefficient (Wildman–Crippen LogP) is 2.27. The summed E-state index contributed by atoms with van der Waals surface area (Å²) in [5, 5.41) is 9.96. The van der Waals surface area contributed by atoms with Crippen molar-refractivity contribution in [2.24, 2.45) is 7.05 Å². The van der Waals surface area contributed by atoms with Crippen molar-refractivity contribution < 1.29 is 31.5 Å². The Balaban J connectivity index is 1.82. The SMILES string of the molecule is Cn1cc(C(=O)NCCNC(=O)Nc2ccc(F)c(F)c2)c(C(F)(F)F)n1. The minimum absolute atomic E-state index is 0.000569. The first-order valence-electron chi connectivity index (χ1n) is 7.47. The van der Waals surface area contributed by atoms with E-state index in [-0.39, 0.29) is 18.8 Å². The zero-order valence-corrected chi connectivity index (χ0v) is 13.8. The Morgan fingerprint density at radius 3 is 2.41 bits per heavy atom. The van der Waals surface area contributed by atoms with Crippen LogP contribution in [-0.4, -0.2) is 34.8 Å². The van der Waals surface area contributed by atoms with Crippen LogP contribution < -0.4 is 16.0 Å². The van der Waals surface area contributed by atoms with Gasteiger partial charge in [0.05, 0.1) is 5.56 Å². The number of benzene rings is 1. The molecule has 0 unspecified atom stereocenters. The van der Waals surface area contributed by atoms with Gasteiger partial charge >= 0.3 is 12.2 Å². The average molecular weight is 391 g/mol. The van der Waals surface area contributed by atoms with Gasteiger partial charge in [0.2, 0.25) is 0 Å². The molecule has 0 aliphatic heterocycles. The lowest BCUT2D eigenvalue weighted by Crippen LogP contribution is -2.37. The van der Waals surface area contributed by atoms with Gasteiger partial charge in [0.25, 0.3) is 5.91 Å². The average Bonchev–Trinajstić information content (AvgIpc) is 2.97. The number of carbonyl (C=O) groups is 2. The van der Waals surface area contributed by atoms with Crippen LogP contribution in [0, 0.1) is 11.6 Å². The van der Waals surface area contributed by atoms with Gasteiger partial charge in [-0.25, -0.2) is 13.6 Å². The van der Waals surface area contributed by atoms with Crippen LogP contribution in [0.15, 0.2) is 24.4 Å². The molecule has 27 heavy (non-hydrogen) atoms. The molecule has 1 heterocycles. The van der Waals surface area contributed by atoms with E-state index in [1.54, 1.807) is 0 Å². The van der Waals surface area contributed by atoms with E-state index in [0.29, 0.717) is 0 Å². The molecular weight excluding hydrogens is 377 g/mol. The monoisotopic (exact) mass is 391 g/mol. The number of alkyl halides is 3. The Morgan fingerprint density at radius 2 is 1.78 bits per heavy atom. The molecule has 146 valence electrons. The van der Waals surface area contributed by atoms with Gasteiger partial charge < -0.3 is 16.0 Å². The summed E-state index contributed by atoms with van der Waals surface area (Å²) in [4.78, 5) is 23.5. The lowest BCUT2D eigenvalue weighted by molar-refractivity contribution is -0.141. The number of halogens is 5. The van der Waals surface area contributed by atoms with Crippen LogP contribution in [0.25, 0.3) is 0 Å². The first-order chi connectivity index (χ1) is 12.6. The highest BCUT2D eigenvalue weighted by Gasteiger charge is 2.38. The normalized spacial score (nSPS) is 11.2. The number of urea groups is 1. The van der Waals surface area contributed by atoms with Crippen LogP contribution in [-0.2, 0) is 13.2 Å². The molecular formula is C15H14F5N5O2. The second kappa shape index (κ2) is 8.01. The molecule has 0 atom stereocenters. The molecule has 0 saturated carbocycles. The number of aromatic nitrogens is 2. The van der Waals surface area contributed by atoms with Crippen LogP contribution in [0.1, 0.15) is 16.1 Å². The molecule has 12 heteroatoms. The summed E-state index contributed by atoms with van der Waals surface area (Å²) in [6.45, 7) is -0.293. The fourth-order valence-corrected chi connectivity index (χ4v) is 2.06. The molecule has 7 nitrogen and oxygen atoms in total. The Hall–Kier alpha value is -3.18. The van der Waals surface area contributed by atoms with E-state index in [1.807, 2.05) is 0 Å². The Labute approximate surface area is 149 Å². The van der Waals surface area contributed by atoms with Crippen LogP contribution >= 0.6 is 0 Å². The highest BCUT2D eigenvalue weighted by Crippen LogP contribution is 2.30. The molecule has 0 aliphatic rings. The van der Waals surface area contributed by atoms with E-state index in [0.717, 1.165) is 29.1 Å². The number of nitrogens with zero attached hydrogens (tertiary/aromatic N) is 2. The lowest BCUT2D eigenvalue weighted by atomic mass is 10.2. The number of hydrogen-bond donors (Lipinski definition) is 3. The molecule has 2 rings (SSSR count). The van der Waals surface area contributed by atoms with Gasteiger partial charge in [-0.15, -0.1) is 0 Å². The maximum Gasteiger partial charge on any atom is 0.435 e. The van der Waals surface area contributed by atoms with E-state index in [1.165, 1.54) is 7.05 Å². The summed E-state index contributed by atoms with van der Waals surface area (Å²) in [5.41, 5.74) is -1.96. The van der Waals surface area contributed by atoms with Gasteiger partial charge in [0.1, 0.15) is 0 Å². The Morgan fingerprint density at radius 1 is 1.11 bits per heavy atom. The van der Waals surface area contributed by atoms with Crippen molar-refractivity contribution in [2.75, 3.05) is 18.4 Å². The fourth-order valence-electron chi connectivity index (χ4n) is 2.06. The molecule has 3 N–H and O–H groups in total. The minimum atomic E-state index is -4.78. The second-order valence-corrected chi connectivity index (χ2v) is 5.33. The van der Waals surface area contributed by atoms with Gasteiger partial charge in [-0.2, -0.15) is 18.3 Å². The molecule has 3 amide bonds. The van der Waals surface area contributed by atoms with Crippen LogP contribution in [0.4, 0.5) is 32.4 Å². The third-order valence-electron chi connectivity index (χ3n) is 3.22. The molecule has 0 bridgehead atoms. The van der Waals surface area contributed by atoms with E-state index in [9.17, 15) is 31.5 Å². The van der Waals surface area contributed by atoms with E-state index in [4.69, 9.17) is 0 Å². The Bertz CT molecular complexity index is 850. The summed E-state index contributed by atoms with van der Waals surface area (Å²) in [7, 11) is 1.25. The number of nitrogens with one attached hydrogen (secondary N) is 3. The number of carbonyl (C=O) groups excluding carboxylic acids is 2. The molecule has 2 aromatic rings. The first-order valence-corrected chi connectivity index (χ1v) is 7.47. The molecule has 0 saturated heterocycles. The first kappa shape index (κ1) is 20.1. The molecule has 1 aromatic carbocycles. The van der Waals surface area contributed by atoms with E-state index in [2.05, 4.69) is 21.0 Å². The third-order valence-corrected chi connectivity index (χ3v) is 3.22. The van der Waals surface area contributed by atoms with Crippen molar-refractivity contribution in [3.63, 3.8) is 0 Å².